The maximum atomic E-state index is 11.3. The van der Waals surface area contributed by atoms with E-state index in [1.165, 1.54) is 24.3 Å². The fraction of sp³-hybridized carbons (Fsp3) is 0.333. The summed E-state index contributed by atoms with van der Waals surface area (Å²) >= 11 is 1.07. The lowest BCUT2D eigenvalue weighted by atomic mass is 10.2. The number of carbonyl (C=O) groups excluding carboxylic acids is 1. The van der Waals surface area contributed by atoms with Crippen molar-refractivity contribution in [2.45, 2.75) is 19.4 Å². The highest BCUT2D eigenvalue weighted by Crippen LogP contribution is 2.12. The predicted octanol–water partition coefficient (Wildman–Crippen LogP) is 2.33. The van der Waals surface area contributed by atoms with Gasteiger partial charge in [-0.15, -0.1) is 0 Å². The van der Waals surface area contributed by atoms with Gasteiger partial charge in [0.15, 0.2) is 0 Å². The molecule has 0 radical (unpaired) electrons. The number of nitro benzene ring substituents is 1. The Morgan fingerprint density at radius 1 is 1.33 bits per heavy atom. The molecule has 0 atom stereocenters. The second-order valence-corrected chi connectivity index (χ2v) is 4.85. The molecule has 1 amide bonds. The molecule has 0 unspecified atom stereocenters. The van der Waals surface area contributed by atoms with Crippen molar-refractivity contribution in [1.29, 1.82) is 0 Å². The van der Waals surface area contributed by atoms with Gasteiger partial charge in [0.2, 0.25) is 0 Å². The van der Waals surface area contributed by atoms with Gasteiger partial charge in [0, 0.05) is 24.3 Å². The highest BCUT2D eigenvalue weighted by molar-refractivity contribution is 7.97. The second-order valence-electron chi connectivity index (χ2n) is 3.95. The Bertz CT molecular complexity index is 505. The first-order valence-corrected chi connectivity index (χ1v) is 6.97. The molecule has 0 aromatic heterocycles. The number of carbonyl (C=O) groups is 2. The lowest BCUT2D eigenvalue weighted by Gasteiger charge is -2.06. The summed E-state index contributed by atoms with van der Waals surface area (Å²) in [5, 5.41) is 18.9. The molecule has 0 saturated carbocycles. The molecule has 0 bridgehead atoms. The first kappa shape index (κ1) is 16.8. The van der Waals surface area contributed by atoms with Crippen LogP contribution < -0.4 is 4.72 Å². The van der Waals surface area contributed by atoms with Gasteiger partial charge < -0.3 is 9.84 Å². The fourth-order valence-corrected chi connectivity index (χ4v) is 1.87. The van der Waals surface area contributed by atoms with Crippen LogP contribution in [0.25, 0.3) is 0 Å². The van der Waals surface area contributed by atoms with Gasteiger partial charge >= 0.3 is 12.1 Å². The third kappa shape index (κ3) is 7.16. The monoisotopic (exact) mass is 314 g/mol. The molecule has 0 fully saturated rings. The Balaban J connectivity index is 2.20. The van der Waals surface area contributed by atoms with Gasteiger partial charge in [-0.05, 0) is 36.1 Å². The number of nitro groups is 1. The zero-order chi connectivity index (χ0) is 15.7. The lowest BCUT2D eigenvalue weighted by Crippen LogP contribution is -2.17. The summed E-state index contributed by atoms with van der Waals surface area (Å²) in [7, 11) is 0. The van der Waals surface area contributed by atoms with Crippen molar-refractivity contribution in [3.05, 3.63) is 39.9 Å². The molecule has 0 aliphatic rings. The Morgan fingerprint density at radius 2 is 2.00 bits per heavy atom. The number of nitrogens with one attached hydrogen (secondary N) is 1. The Kier molecular flexibility index (Phi) is 7.02. The molecule has 1 aromatic carbocycles. The SMILES string of the molecule is O=C(O)CCCSNC(=O)OCc1ccc([N+](=O)[O-])cc1. The zero-order valence-corrected chi connectivity index (χ0v) is 11.8. The van der Waals surface area contributed by atoms with Crippen molar-refractivity contribution >= 4 is 29.7 Å². The maximum Gasteiger partial charge on any atom is 0.417 e. The summed E-state index contributed by atoms with van der Waals surface area (Å²) in [6.45, 7) is -0.000483. The number of benzene rings is 1. The number of non-ortho nitro benzene ring substituents is 1. The van der Waals surface area contributed by atoms with Gasteiger partial charge in [-0.1, -0.05) is 0 Å². The van der Waals surface area contributed by atoms with Crippen LogP contribution in [0.1, 0.15) is 18.4 Å². The summed E-state index contributed by atoms with van der Waals surface area (Å²) in [4.78, 5) is 31.5. The Morgan fingerprint density at radius 3 is 2.57 bits per heavy atom. The third-order valence-corrected chi connectivity index (χ3v) is 3.11. The number of ether oxygens (including phenoxy) is 1. The lowest BCUT2D eigenvalue weighted by molar-refractivity contribution is -0.384. The molecule has 2 N–H and O–H groups in total. The molecule has 0 heterocycles. The van der Waals surface area contributed by atoms with Crippen LogP contribution in [0, 0.1) is 10.1 Å². The van der Waals surface area contributed by atoms with Crippen molar-refractivity contribution in [2.75, 3.05) is 5.75 Å². The minimum absolute atomic E-state index is 0.000483. The van der Waals surface area contributed by atoms with E-state index in [1.807, 2.05) is 0 Å². The van der Waals surface area contributed by atoms with Gasteiger partial charge in [0.1, 0.15) is 6.61 Å². The molecular weight excluding hydrogens is 300 g/mol. The first-order valence-electron chi connectivity index (χ1n) is 5.98. The maximum absolute atomic E-state index is 11.3. The van der Waals surface area contributed by atoms with E-state index in [4.69, 9.17) is 9.84 Å². The molecule has 0 spiro atoms. The Hall–Kier alpha value is -2.29. The van der Waals surface area contributed by atoms with Crippen LogP contribution >= 0.6 is 11.9 Å². The van der Waals surface area contributed by atoms with E-state index in [1.54, 1.807) is 0 Å². The largest absolute Gasteiger partial charge is 0.481 e. The van der Waals surface area contributed by atoms with Gasteiger partial charge in [-0.25, -0.2) is 4.79 Å². The molecule has 9 heteroatoms. The minimum atomic E-state index is -0.878. The highest BCUT2D eigenvalue weighted by Gasteiger charge is 2.06. The summed E-state index contributed by atoms with van der Waals surface area (Å²) in [6, 6.07) is 5.67. The Labute approximate surface area is 124 Å². The average Bonchev–Trinajstić information content (AvgIpc) is 2.44. The third-order valence-electron chi connectivity index (χ3n) is 2.31. The number of aliphatic carboxylic acids is 1. The van der Waals surface area contributed by atoms with E-state index in [0.29, 0.717) is 17.7 Å². The number of hydrogen-bond acceptors (Lipinski definition) is 6. The first-order chi connectivity index (χ1) is 9.99. The van der Waals surface area contributed by atoms with Crippen LogP contribution in [-0.4, -0.2) is 27.8 Å². The molecule has 8 nitrogen and oxygen atoms in total. The molecule has 0 aliphatic heterocycles. The molecule has 0 aliphatic carbocycles. The van der Waals surface area contributed by atoms with Crippen molar-refractivity contribution in [2.24, 2.45) is 0 Å². The number of carboxylic acids is 1. The number of hydrogen-bond donors (Lipinski definition) is 2. The van der Waals surface area contributed by atoms with Crippen LogP contribution in [0.2, 0.25) is 0 Å². The van der Waals surface area contributed by atoms with Crippen LogP contribution in [0.15, 0.2) is 24.3 Å². The average molecular weight is 314 g/mol. The summed E-state index contributed by atoms with van der Waals surface area (Å²) < 4.78 is 7.31. The predicted molar refractivity (Wildman–Crippen MR) is 75.7 cm³/mol. The number of carboxylic acid groups (broad SMARTS) is 1. The van der Waals surface area contributed by atoms with Gasteiger partial charge in [0.25, 0.3) is 5.69 Å². The van der Waals surface area contributed by atoms with E-state index < -0.39 is 17.0 Å². The quantitative estimate of drug-likeness (QED) is 0.327. The molecular formula is C12H14N2O6S. The van der Waals surface area contributed by atoms with Gasteiger partial charge in [-0.2, -0.15) is 0 Å². The van der Waals surface area contributed by atoms with E-state index in [0.717, 1.165) is 11.9 Å². The van der Waals surface area contributed by atoms with Crippen LogP contribution in [0.4, 0.5) is 10.5 Å². The van der Waals surface area contributed by atoms with Gasteiger partial charge in [-0.3, -0.25) is 19.6 Å². The standard InChI is InChI=1S/C12H14N2O6S/c15-11(16)2-1-7-21-13-12(17)20-8-9-3-5-10(6-4-9)14(18)19/h3-6H,1-2,7-8H2,(H,13,17)(H,15,16). The summed E-state index contributed by atoms with van der Waals surface area (Å²) in [6.07, 6.45) is -0.150. The number of nitrogens with zero attached hydrogens (tertiary/aromatic N) is 1. The molecule has 21 heavy (non-hydrogen) atoms. The number of amides is 1. The molecule has 114 valence electrons. The van der Waals surface area contributed by atoms with Crippen molar-refractivity contribution in [3.8, 4) is 0 Å². The molecule has 1 rings (SSSR count). The second kappa shape index (κ2) is 8.80. The van der Waals surface area contributed by atoms with E-state index in [2.05, 4.69) is 4.72 Å². The smallest absolute Gasteiger partial charge is 0.417 e. The summed E-state index contributed by atoms with van der Waals surface area (Å²) in [5.41, 5.74) is 0.601. The van der Waals surface area contributed by atoms with E-state index in [9.17, 15) is 19.7 Å². The van der Waals surface area contributed by atoms with Crippen LogP contribution in [-0.2, 0) is 16.1 Å². The van der Waals surface area contributed by atoms with Crippen molar-refractivity contribution < 1.29 is 24.4 Å². The molecule has 0 saturated heterocycles. The number of rotatable bonds is 8. The minimum Gasteiger partial charge on any atom is -0.481 e. The fourth-order valence-electron chi connectivity index (χ4n) is 1.30. The molecule has 1 aromatic rings. The van der Waals surface area contributed by atoms with Crippen molar-refractivity contribution in [3.63, 3.8) is 0 Å². The van der Waals surface area contributed by atoms with E-state index in [-0.39, 0.29) is 18.7 Å². The normalized spacial score (nSPS) is 9.90. The summed E-state index contributed by atoms with van der Waals surface area (Å²) in [5.74, 6) is -0.407. The topological polar surface area (TPSA) is 119 Å². The van der Waals surface area contributed by atoms with Crippen molar-refractivity contribution in [1.82, 2.24) is 4.72 Å². The van der Waals surface area contributed by atoms with E-state index >= 15 is 0 Å². The van der Waals surface area contributed by atoms with Gasteiger partial charge in [0.05, 0.1) is 4.92 Å². The van der Waals surface area contributed by atoms with Crippen LogP contribution in [0.5, 0.6) is 0 Å². The van der Waals surface area contributed by atoms with Crippen LogP contribution in [0.3, 0.4) is 0 Å². The highest BCUT2D eigenvalue weighted by atomic mass is 32.2. The zero-order valence-electron chi connectivity index (χ0n) is 11.0.